The van der Waals surface area contributed by atoms with Crippen LogP contribution in [0.2, 0.25) is 0 Å². The molecule has 0 spiro atoms. The lowest BCUT2D eigenvalue weighted by Gasteiger charge is -2.22. The quantitative estimate of drug-likeness (QED) is 0.192. The Kier molecular flexibility index (Phi) is 10.4. The van der Waals surface area contributed by atoms with Crippen LogP contribution in [-0.2, 0) is 25.6 Å². The smallest absolute Gasteiger partial charge is 0.326 e. The van der Waals surface area contributed by atoms with Crippen molar-refractivity contribution in [2.45, 2.75) is 43.9 Å². The molecular weight excluding hydrogens is 462 g/mol. The van der Waals surface area contributed by atoms with Gasteiger partial charge >= 0.3 is 5.97 Å². The monoisotopic (exact) mass is 493 g/mol. The summed E-state index contributed by atoms with van der Waals surface area (Å²) in [7, 11) is 0. The Balaban J connectivity index is 1.90. The largest absolute Gasteiger partial charge is 0.480 e. The van der Waals surface area contributed by atoms with Gasteiger partial charge in [-0.15, -0.1) is 0 Å². The Morgan fingerprint density at radius 3 is 2.38 bits per heavy atom. The van der Waals surface area contributed by atoms with Crippen molar-refractivity contribution in [3.8, 4) is 0 Å². The third kappa shape index (κ3) is 7.47. The summed E-state index contributed by atoms with van der Waals surface area (Å²) < 4.78 is 0. The number of amides is 3. The number of aromatic nitrogens is 1. The molecule has 8 N–H and O–H groups in total. The molecule has 0 saturated carbocycles. The number of carboxylic acids is 1. The van der Waals surface area contributed by atoms with Crippen molar-refractivity contribution in [3.63, 3.8) is 0 Å². The normalized spacial score (nSPS) is 14.6. The molecule has 4 unspecified atom stereocenters. The number of nitrogens with one attached hydrogen (secondary N) is 4. The molecule has 0 aliphatic rings. The molecule has 1 aromatic heterocycles. The number of aromatic amines is 1. The van der Waals surface area contributed by atoms with E-state index in [4.69, 9.17) is 5.73 Å². The number of hydrogen-bond donors (Lipinski definition) is 7. The zero-order valence-electron chi connectivity index (χ0n) is 19.0. The summed E-state index contributed by atoms with van der Waals surface area (Å²) in [5.74, 6) is -2.82. The number of carbonyl (C=O) groups excluding carboxylic acids is 3. The van der Waals surface area contributed by atoms with E-state index in [9.17, 15) is 29.4 Å². The van der Waals surface area contributed by atoms with Gasteiger partial charge < -0.3 is 36.9 Å². The predicted molar refractivity (Wildman–Crippen MR) is 129 cm³/mol. The molecule has 1 aromatic carbocycles. The molecule has 4 atom stereocenters. The van der Waals surface area contributed by atoms with Gasteiger partial charge in [0.05, 0.1) is 12.6 Å². The van der Waals surface area contributed by atoms with Gasteiger partial charge in [0.15, 0.2) is 0 Å². The van der Waals surface area contributed by atoms with Gasteiger partial charge in [0.2, 0.25) is 17.7 Å². The molecular formula is C22H31N5O6S. The molecule has 3 amide bonds. The average Bonchev–Trinajstić information content (AvgIpc) is 3.22. The Hall–Kier alpha value is -3.09. The summed E-state index contributed by atoms with van der Waals surface area (Å²) in [4.78, 5) is 51.8. The number of aliphatic hydroxyl groups excluding tert-OH is 1. The SMILES string of the molecule is CSCCC(NC(=O)C(CO)NC(=O)C(C)NC(=O)C(N)Cc1c[nH]c2ccccc12)C(=O)O. The number of hydrogen-bond acceptors (Lipinski definition) is 7. The topological polar surface area (TPSA) is 187 Å². The summed E-state index contributed by atoms with van der Waals surface area (Å²) >= 11 is 1.43. The number of carboxylic acid groups (broad SMARTS) is 1. The fourth-order valence-electron chi connectivity index (χ4n) is 3.27. The molecule has 0 bridgehead atoms. The lowest BCUT2D eigenvalue weighted by Crippen LogP contribution is -2.57. The minimum Gasteiger partial charge on any atom is -0.480 e. The number of H-pyrrole nitrogens is 1. The standard InChI is InChI=1S/C22H31N5O6S/c1-12(19(29)27-18(11-28)21(31)26-17(22(32)33)7-8-34-2)25-20(30)15(23)9-13-10-24-16-6-4-3-5-14(13)16/h3-6,10,12,15,17-18,24,28H,7-9,11,23H2,1-2H3,(H,25,30)(H,26,31)(H,27,29)(H,32,33). The van der Waals surface area contributed by atoms with Crippen LogP contribution in [-0.4, -0.2) is 81.7 Å². The summed E-state index contributed by atoms with van der Waals surface area (Å²) in [6.45, 7) is 0.670. The first-order valence-electron chi connectivity index (χ1n) is 10.7. The zero-order chi connectivity index (χ0) is 25.3. The van der Waals surface area contributed by atoms with E-state index >= 15 is 0 Å². The van der Waals surface area contributed by atoms with E-state index in [0.717, 1.165) is 16.5 Å². The van der Waals surface area contributed by atoms with Crippen molar-refractivity contribution in [3.05, 3.63) is 36.0 Å². The van der Waals surface area contributed by atoms with E-state index < -0.39 is 54.5 Å². The maximum Gasteiger partial charge on any atom is 0.326 e. The number of benzene rings is 1. The summed E-state index contributed by atoms with van der Waals surface area (Å²) in [5.41, 5.74) is 7.81. The van der Waals surface area contributed by atoms with Crippen LogP contribution in [0.1, 0.15) is 18.9 Å². The van der Waals surface area contributed by atoms with Gasteiger partial charge in [0.1, 0.15) is 18.1 Å². The van der Waals surface area contributed by atoms with Crippen molar-refractivity contribution in [1.82, 2.24) is 20.9 Å². The minimum absolute atomic E-state index is 0.190. The number of fused-ring (bicyclic) bond motifs is 1. The molecule has 0 fully saturated rings. The Morgan fingerprint density at radius 1 is 1.06 bits per heavy atom. The Bertz CT molecular complexity index is 1010. The highest BCUT2D eigenvalue weighted by Crippen LogP contribution is 2.18. The second kappa shape index (κ2) is 13.0. The van der Waals surface area contributed by atoms with Crippen LogP contribution >= 0.6 is 11.8 Å². The van der Waals surface area contributed by atoms with Gasteiger partial charge in [0.25, 0.3) is 0 Å². The van der Waals surface area contributed by atoms with E-state index in [2.05, 4.69) is 20.9 Å². The maximum atomic E-state index is 12.5. The first-order valence-corrected chi connectivity index (χ1v) is 12.1. The lowest BCUT2D eigenvalue weighted by molar-refractivity contribution is -0.142. The number of aliphatic hydroxyl groups is 1. The molecule has 0 aliphatic carbocycles. The molecule has 12 heteroatoms. The Labute approximate surface area is 201 Å². The number of aliphatic carboxylic acids is 1. The molecule has 0 saturated heterocycles. The highest BCUT2D eigenvalue weighted by Gasteiger charge is 2.28. The zero-order valence-corrected chi connectivity index (χ0v) is 19.9. The molecule has 11 nitrogen and oxygen atoms in total. The second-order valence-electron chi connectivity index (χ2n) is 7.83. The number of nitrogens with two attached hydrogens (primary N) is 1. The van der Waals surface area contributed by atoms with E-state index in [1.54, 1.807) is 12.5 Å². The number of carbonyl (C=O) groups is 4. The van der Waals surface area contributed by atoms with Crippen LogP contribution in [0.15, 0.2) is 30.5 Å². The number of para-hydroxylation sites is 1. The predicted octanol–water partition coefficient (Wildman–Crippen LogP) is -0.658. The van der Waals surface area contributed by atoms with E-state index in [0.29, 0.717) is 5.75 Å². The van der Waals surface area contributed by atoms with Crippen molar-refractivity contribution < 1.29 is 29.4 Å². The van der Waals surface area contributed by atoms with Gasteiger partial charge in [-0.1, -0.05) is 18.2 Å². The van der Waals surface area contributed by atoms with Crippen LogP contribution in [0.4, 0.5) is 0 Å². The van der Waals surface area contributed by atoms with Gasteiger partial charge in [0, 0.05) is 17.1 Å². The average molecular weight is 494 g/mol. The van der Waals surface area contributed by atoms with E-state index in [1.165, 1.54) is 18.7 Å². The van der Waals surface area contributed by atoms with E-state index in [-0.39, 0.29) is 12.8 Å². The van der Waals surface area contributed by atoms with Gasteiger partial charge in [-0.2, -0.15) is 11.8 Å². The van der Waals surface area contributed by atoms with Crippen LogP contribution in [0.3, 0.4) is 0 Å². The number of rotatable bonds is 13. The minimum atomic E-state index is -1.37. The molecule has 2 rings (SSSR count). The highest BCUT2D eigenvalue weighted by molar-refractivity contribution is 7.98. The van der Waals surface area contributed by atoms with Gasteiger partial charge in [-0.25, -0.2) is 4.79 Å². The first-order chi connectivity index (χ1) is 16.2. The molecule has 186 valence electrons. The van der Waals surface area contributed by atoms with Crippen molar-refractivity contribution in [2.75, 3.05) is 18.6 Å². The second-order valence-corrected chi connectivity index (χ2v) is 8.81. The molecule has 0 radical (unpaired) electrons. The van der Waals surface area contributed by atoms with Crippen molar-refractivity contribution in [1.29, 1.82) is 0 Å². The molecule has 1 heterocycles. The van der Waals surface area contributed by atoms with Gasteiger partial charge in [-0.05, 0) is 43.4 Å². The molecule has 0 aliphatic heterocycles. The van der Waals surface area contributed by atoms with Crippen LogP contribution in [0, 0.1) is 0 Å². The Morgan fingerprint density at radius 2 is 1.74 bits per heavy atom. The third-order valence-electron chi connectivity index (χ3n) is 5.24. The maximum absolute atomic E-state index is 12.5. The lowest BCUT2D eigenvalue weighted by atomic mass is 10.0. The summed E-state index contributed by atoms with van der Waals surface area (Å²) in [6, 6.07) is 3.11. The van der Waals surface area contributed by atoms with Crippen LogP contribution in [0.5, 0.6) is 0 Å². The molecule has 34 heavy (non-hydrogen) atoms. The molecule has 2 aromatic rings. The highest BCUT2D eigenvalue weighted by atomic mass is 32.2. The third-order valence-corrected chi connectivity index (χ3v) is 5.89. The van der Waals surface area contributed by atoms with Crippen molar-refractivity contribution >= 4 is 46.4 Å². The van der Waals surface area contributed by atoms with E-state index in [1.807, 2.05) is 24.3 Å². The summed E-state index contributed by atoms with van der Waals surface area (Å²) in [6.07, 6.45) is 4.02. The van der Waals surface area contributed by atoms with Gasteiger partial charge in [-0.3, -0.25) is 14.4 Å². The first kappa shape index (κ1) is 27.2. The fourth-order valence-corrected chi connectivity index (χ4v) is 3.74. The number of thioether (sulfide) groups is 1. The van der Waals surface area contributed by atoms with Crippen LogP contribution < -0.4 is 21.7 Å². The van der Waals surface area contributed by atoms with Crippen LogP contribution in [0.25, 0.3) is 10.9 Å². The summed E-state index contributed by atoms with van der Waals surface area (Å²) in [5, 5.41) is 26.8. The fraction of sp³-hybridized carbons (Fsp3) is 0.455. The van der Waals surface area contributed by atoms with Crippen molar-refractivity contribution in [2.24, 2.45) is 5.73 Å².